The molecule has 1 atom stereocenters. The Morgan fingerprint density at radius 1 is 2.00 bits per heavy atom. The lowest BCUT2D eigenvalue weighted by Crippen LogP contribution is -2.60. The molecule has 0 aliphatic rings. The Balaban J connectivity index is 2.54. The summed E-state index contributed by atoms with van der Waals surface area (Å²) in [6.07, 6.45) is 0.384. The molecular weight excluding hydrogens is 66.0 g/mol. The molecule has 0 aromatic rings. The zero-order valence-electron chi connectivity index (χ0n) is 3.44. The second-order valence-electron chi connectivity index (χ2n) is 1.06. The standard InChI is InChI=1S/C3H9NO/c1-2-3(4)5/h3,5H,2,4H2,1H3/p+1. The van der Waals surface area contributed by atoms with Crippen molar-refractivity contribution in [2.75, 3.05) is 0 Å². The number of hydrogen-bond acceptors (Lipinski definition) is 1. The second kappa shape index (κ2) is 2.18. The average molecular weight is 76.1 g/mol. The fourth-order valence-corrected chi connectivity index (χ4v) is 0. The van der Waals surface area contributed by atoms with E-state index in [0.717, 1.165) is 6.42 Å². The normalized spacial score (nSPS) is 15.0. The van der Waals surface area contributed by atoms with Crippen molar-refractivity contribution in [1.82, 2.24) is 0 Å². The van der Waals surface area contributed by atoms with E-state index in [1.165, 1.54) is 0 Å². The molecule has 0 amide bonds. The SMILES string of the molecule is CCC([NH3+])O. The summed E-state index contributed by atoms with van der Waals surface area (Å²) in [7, 11) is 0. The monoisotopic (exact) mass is 76.1 g/mol. The lowest BCUT2D eigenvalue weighted by Gasteiger charge is -1.87. The number of aliphatic hydroxyl groups is 1. The van der Waals surface area contributed by atoms with Crippen molar-refractivity contribution >= 4 is 0 Å². The molecule has 32 valence electrons. The molecule has 0 aromatic heterocycles. The zero-order chi connectivity index (χ0) is 4.28. The number of quaternary nitrogens is 1. The van der Waals surface area contributed by atoms with Crippen LogP contribution in [0.15, 0.2) is 0 Å². The minimum atomic E-state index is -0.366. The van der Waals surface area contributed by atoms with Crippen molar-refractivity contribution in [3.63, 3.8) is 0 Å². The highest BCUT2D eigenvalue weighted by Gasteiger charge is 1.86. The molecule has 0 bridgehead atoms. The van der Waals surface area contributed by atoms with Crippen LogP contribution in [0.25, 0.3) is 0 Å². The van der Waals surface area contributed by atoms with Gasteiger partial charge in [-0.3, -0.25) is 0 Å². The van der Waals surface area contributed by atoms with Gasteiger partial charge in [-0.2, -0.15) is 0 Å². The molecule has 0 saturated heterocycles. The molecule has 1 unspecified atom stereocenters. The highest BCUT2D eigenvalue weighted by atomic mass is 16.3. The fraction of sp³-hybridized carbons (Fsp3) is 1.00. The maximum Gasteiger partial charge on any atom is 0.185 e. The van der Waals surface area contributed by atoms with Crippen LogP contribution < -0.4 is 5.73 Å². The van der Waals surface area contributed by atoms with Gasteiger partial charge in [0.05, 0.1) is 0 Å². The van der Waals surface area contributed by atoms with Gasteiger partial charge in [-0.25, -0.2) is 0 Å². The number of hydrogen-bond donors (Lipinski definition) is 2. The fourth-order valence-electron chi connectivity index (χ4n) is 0. The minimum absolute atomic E-state index is 0.366. The highest BCUT2D eigenvalue weighted by Crippen LogP contribution is 1.69. The first-order valence-corrected chi connectivity index (χ1v) is 1.78. The van der Waals surface area contributed by atoms with Gasteiger partial charge in [0.1, 0.15) is 0 Å². The van der Waals surface area contributed by atoms with Gasteiger partial charge in [-0.15, -0.1) is 0 Å². The lowest BCUT2D eigenvalue weighted by molar-refractivity contribution is -0.482. The molecule has 0 radical (unpaired) electrons. The van der Waals surface area contributed by atoms with Crippen molar-refractivity contribution in [1.29, 1.82) is 0 Å². The summed E-state index contributed by atoms with van der Waals surface area (Å²) < 4.78 is 0. The molecule has 5 heavy (non-hydrogen) atoms. The molecule has 0 saturated carbocycles. The van der Waals surface area contributed by atoms with Gasteiger partial charge in [0.25, 0.3) is 0 Å². The Kier molecular flexibility index (Phi) is 2.14. The summed E-state index contributed by atoms with van der Waals surface area (Å²) in [6.45, 7) is 1.89. The summed E-state index contributed by atoms with van der Waals surface area (Å²) in [5.74, 6) is 0. The zero-order valence-corrected chi connectivity index (χ0v) is 3.44. The maximum atomic E-state index is 8.25. The van der Waals surface area contributed by atoms with E-state index in [0.29, 0.717) is 0 Å². The van der Waals surface area contributed by atoms with Crippen molar-refractivity contribution in [3.05, 3.63) is 0 Å². The summed E-state index contributed by atoms with van der Waals surface area (Å²) in [6, 6.07) is 0. The van der Waals surface area contributed by atoms with E-state index in [1.807, 2.05) is 6.92 Å². The van der Waals surface area contributed by atoms with Gasteiger partial charge in [0.2, 0.25) is 0 Å². The number of rotatable bonds is 1. The summed E-state index contributed by atoms with van der Waals surface area (Å²) in [4.78, 5) is 0. The first-order chi connectivity index (χ1) is 2.27. The third kappa shape index (κ3) is 3.92. The molecule has 0 aromatic carbocycles. The molecule has 0 spiro atoms. The second-order valence-corrected chi connectivity index (χ2v) is 1.06. The van der Waals surface area contributed by atoms with Crippen LogP contribution in [-0.2, 0) is 0 Å². The van der Waals surface area contributed by atoms with Crippen molar-refractivity contribution in [3.8, 4) is 0 Å². The first kappa shape index (κ1) is 4.92. The Labute approximate surface area is 31.6 Å². The molecule has 0 aliphatic heterocycles. The van der Waals surface area contributed by atoms with E-state index in [1.54, 1.807) is 0 Å². The van der Waals surface area contributed by atoms with E-state index in [9.17, 15) is 0 Å². The van der Waals surface area contributed by atoms with Crippen LogP contribution in [0.3, 0.4) is 0 Å². The Bertz CT molecular complexity index is 20.9. The van der Waals surface area contributed by atoms with Gasteiger partial charge in [-0.1, -0.05) is 6.92 Å². The molecule has 0 heterocycles. The molecular formula is C3H10NO+. The van der Waals surface area contributed by atoms with Crippen LogP contribution >= 0.6 is 0 Å². The van der Waals surface area contributed by atoms with Crippen LogP contribution in [0.2, 0.25) is 0 Å². The minimum Gasteiger partial charge on any atom is -0.345 e. The Morgan fingerprint density at radius 3 is 2.20 bits per heavy atom. The molecule has 0 rings (SSSR count). The van der Waals surface area contributed by atoms with Crippen molar-refractivity contribution < 1.29 is 10.8 Å². The highest BCUT2D eigenvalue weighted by molar-refractivity contribution is 4.19. The quantitative estimate of drug-likeness (QED) is 0.385. The van der Waals surface area contributed by atoms with E-state index < -0.39 is 0 Å². The Morgan fingerprint density at radius 2 is 2.20 bits per heavy atom. The topological polar surface area (TPSA) is 47.9 Å². The predicted molar refractivity (Wildman–Crippen MR) is 19.2 cm³/mol. The lowest BCUT2D eigenvalue weighted by atomic mass is 10.5. The third-order valence-corrected chi connectivity index (χ3v) is 0.471. The largest absolute Gasteiger partial charge is 0.345 e. The summed E-state index contributed by atoms with van der Waals surface area (Å²) >= 11 is 0. The van der Waals surface area contributed by atoms with Crippen LogP contribution in [-0.4, -0.2) is 11.3 Å². The van der Waals surface area contributed by atoms with Crippen LogP contribution in [0, 0.1) is 0 Å². The van der Waals surface area contributed by atoms with Gasteiger partial charge in [0, 0.05) is 6.42 Å². The van der Waals surface area contributed by atoms with E-state index in [-0.39, 0.29) is 6.23 Å². The molecule has 0 fully saturated rings. The van der Waals surface area contributed by atoms with E-state index >= 15 is 0 Å². The third-order valence-electron chi connectivity index (χ3n) is 0.471. The summed E-state index contributed by atoms with van der Waals surface area (Å²) in [5.41, 5.74) is 3.31. The average Bonchev–Trinajstić information content (AvgIpc) is 1.38. The summed E-state index contributed by atoms with van der Waals surface area (Å²) in [5, 5.41) is 8.25. The van der Waals surface area contributed by atoms with Crippen LogP contribution in [0.5, 0.6) is 0 Å². The number of aliphatic hydroxyl groups excluding tert-OH is 1. The van der Waals surface area contributed by atoms with Gasteiger partial charge < -0.3 is 10.8 Å². The van der Waals surface area contributed by atoms with Gasteiger partial charge >= 0.3 is 0 Å². The van der Waals surface area contributed by atoms with Crippen LogP contribution in [0.1, 0.15) is 13.3 Å². The van der Waals surface area contributed by atoms with Crippen molar-refractivity contribution in [2.24, 2.45) is 0 Å². The maximum absolute atomic E-state index is 8.25. The molecule has 2 nitrogen and oxygen atoms in total. The molecule has 4 N–H and O–H groups in total. The molecule has 2 heteroatoms. The van der Waals surface area contributed by atoms with Gasteiger partial charge in [-0.05, 0) is 0 Å². The van der Waals surface area contributed by atoms with E-state index in [4.69, 9.17) is 5.11 Å². The predicted octanol–water partition coefficient (Wildman–Crippen LogP) is -1.04. The van der Waals surface area contributed by atoms with Gasteiger partial charge in [0.15, 0.2) is 6.23 Å². The Hall–Kier alpha value is -0.0800. The first-order valence-electron chi connectivity index (χ1n) is 1.78. The van der Waals surface area contributed by atoms with Crippen molar-refractivity contribution in [2.45, 2.75) is 19.6 Å². The van der Waals surface area contributed by atoms with Crippen LogP contribution in [0.4, 0.5) is 0 Å². The smallest absolute Gasteiger partial charge is 0.185 e. The molecule has 0 aliphatic carbocycles. The van der Waals surface area contributed by atoms with E-state index in [2.05, 4.69) is 5.73 Å².